The van der Waals surface area contributed by atoms with Crippen LogP contribution in [0.15, 0.2) is 12.2 Å². The molecule has 0 amide bonds. The van der Waals surface area contributed by atoms with Crippen LogP contribution in [0.1, 0.15) is 19.3 Å². The van der Waals surface area contributed by atoms with E-state index < -0.39 is 6.10 Å². The zero-order valence-electron chi connectivity index (χ0n) is 5.26. The summed E-state index contributed by atoms with van der Waals surface area (Å²) in [5.74, 6) is 0. The topological polar surface area (TPSA) is 23.1 Å². The fraction of sp³-hybridized carbons (Fsp3) is 0.667. The third-order valence-corrected chi connectivity index (χ3v) is 1.21. The second kappa shape index (κ2) is 4.20. The van der Waals surface area contributed by atoms with Crippen molar-refractivity contribution in [1.29, 1.82) is 0 Å². The molecule has 1 rings (SSSR count). The predicted molar refractivity (Wildman–Crippen MR) is 26.8 cm³/mol. The molecule has 0 fully saturated rings. The van der Waals surface area contributed by atoms with Crippen LogP contribution in [0, 0.1) is 0 Å². The summed E-state index contributed by atoms with van der Waals surface area (Å²) in [5, 5.41) is 10.5. The van der Waals surface area contributed by atoms with Gasteiger partial charge in [0.1, 0.15) is 0 Å². The normalized spacial score (nSPS) is 26.9. The molecule has 0 bridgehead atoms. The zero-order chi connectivity index (χ0) is 5.11. The summed E-state index contributed by atoms with van der Waals surface area (Å²) in [4.78, 5) is 0. The zero-order valence-corrected chi connectivity index (χ0v) is 5.26. The van der Waals surface area contributed by atoms with Crippen LogP contribution in [0.3, 0.4) is 0 Å². The average molecular weight is 104 g/mol. The van der Waals surface area contributed by atoms with Gasteiger partial charge < -0.3 is 5.11 Å². The molecule has 0 aromatic rings. The van der Waals surface area contributed by atoms with Crippen molar-refractivity contribution in [2.45, 2.75) is 25.4 Å². The van der Waals surface area contributed by atoms with E-state index in [1.165, 1.54) is 0 Å². The van der Waals surface area contributed by atoms with Crippen LogP contribution in [0.2, 0.25) is 0 Å². The van der Waals surface area contributed by atoms with Gasteiger partial charge in [-0.2, -0.15) is 0 Å². The van der Waals surface area contributed by atoms with Crippen molar-refractivity contribution in [3.05, 3.63) is 12.2 Å². The third-order valence-electron chi connectivity index (χ3n) is 1.21. The summed E-state index contributed by atoms with van der Waals surface area (Å²) in [7, 11) is 0. The molecule has 0 spiro atoms. The molecule has 2 heteroatoms. The van der Waals surface area contributed by atoms with Crippen molar-refractivity contribution in [2.24, 2.45) is 0 Å². The number of hydrogen-bond donors (Lipinski definition) is 0. The van der Waals surface area contributed by atoms with Gasteiger partial charge in [0.25, 0.3) is 0 Å². The Bertz CT molecular complexity index is 80.6. The van der Waals surface area contributed by atoms with Crippen molar-refractivity contribution in [3.8, 4) is 0 Å². The van der Waals surface area contributed by atoms with E-state index in [9.17, 15) is 5.11 Å². The Kier molecular flexibility index (Phi) is 4.36. The average Bonchev–Trinajstić information content (AvgIpc) is 1.69. The van der Waals surface area contributed by atoms with E-state index in [-0.39, 0.29) is 18.9 Å². The molecule has 8 heavy (non-hydrogen) atoms. The largest absolute Gasteiger partial charge is 1.00 e. The molecule has 0 saturated carbocycles. The number of rotatable bonds is 0. The summed E-state index contributed by atoms with van der Waals surface area (Å²) < 4.78 is 0. The van der Waals surface area contributed by atoms with Gasteiger partial charge in [-0.25, -0.2) is 0 Å². The smallest absolute Gasteiger partial charge is 0.849 e. The van der Waals surface area contributed by atoms with Crippen LogP contribution in [0.5, 0.6) is 0 Å². The van der Waals surface area contributed by atoms with Crippen LogP contribution in [0.4, 0.5) is 0 Å². The van der Waals surface area contributed by atoms with Crippen molar-refractivity contribution in [3.63, 3.8) is 0 Å². The number of allylic oxidation sites excluding steroid dienone is 1. The van der Waals surface area contributed by atoms with Crippen molar-refractivity contribution in [2.75, 3.05) is 0 Å². The molecule has 1 aliphatic carbocycles. The molecular weight excluding hydrogens is 95.0 g/mol. The second-order valence-electron chi connectivity index (χ2n) is 1.90. The summed E-state index contributed by atoms with van der Waals surface area (Å²) >= 11 is 0. The summed E-state index contributed by atoms with van der Waals surface area (Å²) in [6, 6.07) is 0. The Morgan fingerprint density at radius 3 is 2.50 bits per heavy atom. The van der Waals surface area contributed by atoms with Gasteiger partial charge in [0.05, 0.1) is 0 Å². The van der Waals surface area contributed by atoms with Gasteiger partial charge in [-0.3, -0.25) is 0 Å². The molecule has 0 saturated heterocycles. The first-order valence-electron chi connectivity index (χ1n) is 2.72. The monoisotopic (exact) mass is 104 g/mol. The summed E-state index contributed by atoms with van der Waals surface area (Å²) in [6.45, 7) is 0. The molecule has 0 radical (unpaired) electrons. The first-order valence-corrected chi connectivity index (χ1v) is 2.72. The van der Waals surface area contributed by atoms with E-state index >= 15 is 0 Å². The van der Waals surface area contributed by atoms with Crippen molar-refractivity contribution >= 4 is 0 Å². The van der Waals surface area contributed by atoms with E-state index in [1.54, 1.807) is 6.08 Å². The van der Waals surface area contributed by atoms with Crippen LogP contribution in [-0.4, -0.2) is 6.10 Å². The summed E-state index contributed by atoms with van der Waals surface area (Å²) in [6.07, 6.45) is 6.37. The maximum absolute atomic E-state index is 10.5. The predicted octanol–water partition coefficient (Wildman–Crippen LogP) is -2.54. The van der Waals surface area contributed by atoms with E-state index in [0.29, 0.717) is 0 Å². The molecule has 0 N–H and O–H groups in total. The summed E-state index contributed by atoms with van der Waals surface area (Å²) in [5.41, 5.74) is 0. The fourth-order valence-corrected chi connectivity index (χ4v) is 0.781. The molecule has 0 aliphatic heterocycles. The van der Waals surface area contributed by atoms with Crippen molar-refractivity contribution in [1.82, 2.24) is 0 Å². The second-order valence-corrected chi connectivity index (χ2v) is 1.90. The molecule has 1 aliphatic rings. The van der Waals surface area contributed by atoms with Gasteiger partial charge in [0.15, 0.2) is 0 Å². The first kappa shape index (κ1) is 8.30. The minimum Gasteiger partial charge on any atom is -0.849 e. The first-order chi connectivity index (χ1) is 3.39. The van der Waals surface area contributed by atoms with Gasteiger partial charge in [-0.1, -0.05) is 18.9 Å². The van der Waals surface area contributed by atoms with E-state index in [0.717, 1.165) is 19.3 Å². The molecule has 1 atom stereocenters. The molecule has 40 valence electrons. The quantitative estimate of drug-likeness (QED) is 0.245. The Labute approximate surface area is 62.0 Å². The van der Waals surface area contributed by atoms with Gasteiger partial charge in [-0.05, 0) is 6.42 Å². The molecule has 0 aromatic heterocycles. The van der Waals surface area contributed by atoms with Crippen molar-refractivity contribution < 1.29 is 24.0 Å². The molecule has 1 nitrogen and oxygen atoms in total. The van der Waals surface area contributed by atoms with Crippen LogP contribution < -0.4 is 24.0 Å². The molecule has 0 unspecified atom stereocenters. The minimum atomic E-state index is -0.395. The van der Waals surface area contributed by atoms with Gasteiger partial charge >= 0.3 is 18.9 Å². The molecule has 0 heterocycles. The van der Waals surface area contributed by atoms with E-state index in [2.05, 4.69) is 0 Å². The Morgan fingerprint density at radius 1 is 1.50 bits per heavy atom. The van der Waals surface area contributed by atoms with Gasteiger partial charge in [-0.15, -0.1) is 12.2 Å². The van der Waals surface area contributed by atoms with Gasteiger partial charge in [0, 0.05) is 0 Å². The maximum atomic E-state index is 10.5. The van der Waals surface area contributed by atoms with E-state index in [1.807, 2.05) is 6.08 Å². The molecule has 0 aromatic carbocycles. The molecular formula is C6H9LiO. The van der Waals surface area contributed by atoms with Crippen LogP contribution >= 0.6 is 0 Å². The van der Waals surface area contributed by atoms with E-state index in [4.69, 9.17) is 0 Å². The third kappa shape index (κ3) is 2.57. The SMILES string of the molecule is [Li+].[O-][C@H]1C=CCCC1. The number of hydrogen-bond acceptors (Lipinski definition) is 1. The van der Waals surface area contributed by atoms with Gasteiger partial charge in [0.2, 0.25) is 0 Å². The standard InChI is InChI=1S/C6H9O.Li/c7-6-4-2-1-3-5-6;/h2,4,6H,1,3,5H2;/q-1;+1/t6-;/m0./s1. The Balaban J connectivity index is 0.000000490. The Hall–Kier alpha value is 0.297. The Morgan fingerprint density at radius 2 is 2.25 bits per heavy atom. The van der Waals surface area contributed by atoms with Crippen LogP contribution in [-0.2, 0) is 0 Å². The van der Waals surface area contributed by atoms with Crippen LogP contribution in [0.25, 0.3) is 0 Å². The minimum absolute atomic E-state index is 0. The fourth-order valence-electron chi connectivity index (χ4n) is 0.781. The maximum Gasteiger partial charge on any atom is 1.00 e.